The number of phenolic OH excluding ortho intramolecular Hbond substituents is 2. The predicted octanol–water partition coefficient (Wildman–Crippen LogP) is 2.70. The SMILES string of the molecule is Cc1cccc(CNCc2cccc(O)c2O)c1. The molecule has 0 aromatic heterocycles. The Hall–Kier alpha value is -2.00. The second-order valence-electron chi connectivity index (χ2n) is 4.38. The fourth-order valence-electron chi connectivity index (χ4n) is 1.88. The van der Waals surface area contributed by atoms with Crippen molar-refractivity contribution in [2.75, 3.05) is 0 Å². The highest BCUT2D eigenvalue weighted by Gasteiger charge is 2.04. The van der Waals surface area contributed by atoms with Gasteiger partial charge in [0.15, 0.2) is 11.5 Å². The van der Waals surface area contributed by atoms with E-state index >= 15 is 0 Å². The Balaban J connectivity index is 1.94. The molecular formula is C15H17NO2. The maximum atomic E-state index is 9.65. The van der Waals surface area contributed by atoms with Crippen molar-refractivity contribution in [1.82, 2.24) is 5.32 Å². The second-order valence-corrected chi connectivity index (χ2v) is 4.38. The van der Waals surface area contributed by atoms with E-state index in [9.17, 15) is 10.2 Å². The molecule has 0 amide bonds. The third kappa shape index (κ3) is 3.02. The average Bonchev–Trinajstić information content (AvgIpc) is 2.35. The van der Waals surface area contributed by atoms with Crippen LogP contribution in [0.1, 0.15) is 16.7 Å². The lowest BCUT2D eigenvalue weighted by molar-refractivity contribution is 0.397. The highest BCUT2D eigenvalue weighted by molar-refractivity contribution is 5.44. The number of aromatic hydroxyl groups is 2. The van der Waals surface area contributed by atoms with Gasteiger partial charge in [0, 0.05) is 18.7 Å². The maximum absolute atomic E-state index is 9.65. The number of rotatable bonds is 4. The molecule has 0 aliphatic rings. The first-order valence-electron chi connectivity index (χ1n) is 5.93. The van der Waals surface area contributed by atoms with Gasteiger partial charge in [-0.05, 0) is 18.6 Å². The highest BCUT2D eigenvalue weighted by atomic mass is 16.3. The molecule has 0 heterocycles. The summed E-state index contributed by atoms with van der Waals surface area (Å²) in [7, 11) is 0. The summed E-state index contributed by atoms with van der Waals surface area (Å²) in [6, 6.07) is 13.2. The van der Waals surface area contributed by atoms with Crippen LogP contribution in [0.2, 0.25) is 0 Å². The van der Waals surface area contributed by atoms with Crippen LogP contribution in [0.3, 0.4) is 0 Å². The number of phenols is 2. The van der Waals surface area contributed by atoms with Gasteiger partial charge >= 0.3 is 0 Å². The first-order chi connectivity index (χ1) is 8.66. The van der Waals surface area contributed by atoms with Crippen molar-refractivity contribution >= 4 is 0 Å². The van der Waals surface area contributed by atoms with E-state index in [0.29, 0.717) is 12.1 Å². The van der Waals surface area contributed by atoms with E-state index in [4.69, 9.17) is 0 Å². The number of benzene rings is 2. The molecule has 0 spiro atoms. The van der Waals surface area contributed by atoms with Gasteiger partial charge in [0.05, 0.1) is 0 Å². The lowest BCUT2D eigenvalue weighted by Crippen LogP contribution is -2.12. The Bertz CT molecular complexity index is 538. The molecule has 0 aliphatic heterocycles. The van der Waals surface area contributed by atoms with Crippen LogP contribution >= 0.6 is 0 Å². The molecule has 3 N–H and O–H groups in total. The molecule has 2 aromatic rings. The summed E-state index contributed by atoms with van der Waals surface area (Å²) in [4.78, 5) is 0. The van der Waals surface area contributed by atoms with Crippen molar-refractivity contribution in [3.63, 3.8) is 0 Å². The average molecular weight is 243 g/mol. The molecule has 0 saturated carbocycles. The Morgan fingerprint density at radius 3 is 2.56 bits per heavy atom. The van der Waals surface area contributed by atoms with Gasteiger partial charge in [-0.25, -0.2) is 0 Å². The lowest BCUT2D eigenvalue weighted by Gasteiger charge is -2.08. The lowest BCUT2D eigenvalue weighted by atomic mass is 10.1. The third-order valence-corrected chi connectivity index (χ3v) is 2.83. The summed E-state index contributed by atoms with van der Waals surface area (Å²) in [6.45, 7) is 3.31. The quantitative estimate of drug-likeness (QED) is 0.724. The predicted molar refractivity (Wildman–Crippen MR) is 71.5 cm³/mol. The fraction of sp³-hybridized carbons (Fsp3) is 0.200. The van der Waals surface area contributed by atoms with Crippen molar-refractivity contribution in [2.24, 2.45) is 0 Å². The summed E-state index contributed by atoms with van der Waals surface area (Å²) in [5.41, 5.74) is 3.13. The molecule has 0 bridgehead atoms. The van der Waals surface area contributed by atoms with E-state index in [2.05, 4.69) is 30.4 Å². The van der Waals surface area contributed by atoms with Crippen LogP contribution in [0.4, 0.5) is 0 Å². The van der Waals surface area contributed by atoms with Crippen molar-refractivity contribution in [1.29, 1.82) is 0 Å². The van der Waals surface area contributed by atoms with E-state index in [0.717, 1.165) is 6.54 Å². The van der Waals surface area contributed by atoms with Crippen LogP contribution < -0.4 is 5.32 Å². The number of hydrogen-bond donors (Lipinski definition) is 3. The molecule has 0 aliphatic carbocycles. The molecule has 0 saturated heterocycles. The van der Waals surface area contributed by atoms with Gasteiger partial charge in [0.2, 0.25) is 0 Å². The Morgan fingerprint density at radius 1 is 1.00 bits per heavy atom. The monoisotopic (exact) mass is 243 g/mol. The molecule has 2 rings (SSSR count). The number of hydrogen-bond acceptors (Lipinski definition) is 3. The van der Waals surface area contributed by atoms with Gasteiger partial charge in [-0.2, -0.15) is 0 Å². The summed E-state index contributed by atoms with van der Waals surface area (Å²) < 4.78 is 0. The van der Waals surface area contributed by atoms with Gasteiger partial charge in [-0.15, -0.1) is 0 Å². The molecule has 0 unspecified atom stereocenters. The Kier molecular flexibility index (Phi) is 3.85. The zero-order chi connectivity index (χ0) is 13.0. The van der Waals surface area contributed by atoms with E-state index in [1.54, 1.807) is 12.1 Å². The summed E-state index contributed by atoms with van der Waals surface area (Å²) in [6.07, 6.45) is 0. The van der Waals surface area contributed by atoms with Crippen LogP contribution in [-0.4, -0.2) is 10.2 Å². The zero-order valence-corrected chi connectivity index (χ0v) is 10.4. The first-order valence-corrected chi connectivity index (χ1v) is 5.93. The van der Waals surface area contributed by atoms with Crippen LogP contribution in [0.25, 0.3) is 0 Å². The summed E-state index contributed by atoms with van der Waals surface area (Å²) in [5.74, 6) is -0.126. The number of para-hydroxylation sites is 1. The van der Waals surface area contributed by atoms with Gasteiger partial charge in [0.25, 0.3) is 0 Å². The van der Waals surface area contributed by atoms with E-state index in [1.807, 2.05) is 6.07 Å². The van der Waals surface area contributed by atoms with Crippen LogP contribution in [0.15, 0.2) is 42.5 Å². The zero-order valence-electron chi connectivity index (χ0n) is 10.4. The molecule has 0 radical (unpaired) electrons. The van der Waals surface area contributed by atoms with Crippen LogP contribution in [-0.2, 0) is 13.1 Å². The normalized spacial score (nSPS) is 10.5. The minimum Gasteiger partial charge on any atom is -0.504 e. The first kappa shape index (κ1) is 12.5. The molecule has 94 valence electrons. The van der Waals surface area contributed by atoms with Crippen LogP contribution in [0, 0.1) is 6.92 Å². The summed E-state index contributed by atoms with van der Waals surface area (Å²) in [5, 5.41) is 22.3. The third-order valence-electron chi connectivity index (χ3n) is 2.83. The van der Waals surface area contributed by atoms with E-state index < -0.39 is 0 Å². The van der Waals surface area contributed by atoms with Crippen LogP contribution in [0.5, 0.6) is 11.5 Å². The van der Waals surface area contributed by atoms with Crippen molar-refractivity contribution in [2.45, 2.75) is 20.0 Å². The fourth-order valence-corrected chi connectivity index (χ4v) is 1.88. The summed E-state index contributed by atoms with van der Waals surface area (Å²) >= 11 is 0. The Morgan fingerprint density at radius 2 is 1.78 bits per heavy atom. The molecule has 3 nitrogen and oxygen atoms in total. The van der Waals surface area contributed by atoms with Crippen molar-refractivity contribution < 1.29 is 10.2 Å². The van der Waals surface area contributed by atoms with Crippen molar-refractivity contribution in [3.8, 4) is 11.5 Å². The maximum Gasteiger partial charge on any atom is 0.161 e. The van der Waals surface area contributed by atoms with Gasteiger partial charge in [-0.1, -0.05) is 42.0 Å². The second kappa shape index (κ2) is 5.56. The highest BCUT2D eigenvalue weighted by Crippen LogP contribution is 2.27. The van der Waals surface area contributed by atoms with Gasteiger partial charge in [-0.3, -0.25) is 0 Å². The molecular weight excluding hydrogens is 226 g/mol. The van der Waals surface area contributed by atoms with Gasteiger partial charge < -0.3 is 15.5 Å². The smallest absolute Gasteiger partial charge is 0.161 e. The minimum atomic E-state index is -0.0788. The Labute approximate surface area is 107 Å². The number of aryl methyl sites for hydroxylation is 1. The topological polar surface area (TPSA) is 52.5 Å². The molecule has 2 aromatic carbocycles. The molecule has 3 heteroatoms. The van der Waals surface area contributed by atoms with Crippen molar-refractivity contribution in [3.05, 3.63) is 59.2 Å². The molecule has 0 atom stereocenters. The molecule has 18 heavy (non-hydrogen) atoms. The standard InChI is InChI=1S/C15H17NO2/c1-11-4-2-5-12(8-11)9-16-10-13-6-3-7-14(17)15(13)18/h2-8,16-18H,9-10H2,1H3. The largest absolute Gasteiger partial charge is 0.504 e. The molecule has 0 fully saturated rings. The van der Waals surface area contributed by atoms with E-state index in [-0.39, 0.29) is 11.5 Å². The van der Waals surface area contributed by atoms with Gasteiger partial charge in [0.1, 0.15) is 0 Å². The minimum absolute atomic E-state index is 0.0470. The van der Waals surface area contributed by atoms with E-state index in [1.165, 1.54) is 17.2 Å². The number of nitrogens with one attached hydrogen (secondary N) is 1.